The third kappa shape index (κ3) is 3.88. The van der Waals surface area contributed by atoms with Crippen LogP contribution in [-0.4, -0.2) is 13.1 Å². The second kappa shape index (κ2) is 6.48. The molecule has 0 saturated heterocycles. The molecule has 0 aromatic heterocycles. The number of alkyl halides is 3. The molecule has 1 aliphatic carbocycles. The second-order valence-corrected chi connectivity index (χ2v) is 5.50. The van der Waals surface area contributed by atoms with Crippen molar-refractivity contribution in [2.45, 2.75) is 31.9 Å². The summed E-state index contributed by atoms with van der Waals surface area (Å²) < 4.78 is 37.4. The monoisotopic (exact) mass is 286 g/mol. The highest BCUT2D eigenvalue weighted by atomic mass is 19.4. The zero-order chi connectivity index (χ0) is 14.6. The van der Waals surface area contributed by atoms with Crippen molar-refractivity contribution in [1.82, 2.24) is 0 Å². The van der Waals surface area contributed by atoms with Crippen molar-refractivity contribution >= 4 is 5.69 Å². The van der Waals surface area contributed by atoms with E-state index in [1.807, 2.05) is 0 Å². The van der Waals surface area contributed by atoms with E-state index in [-0.39, 0.29) is 0 Å². The summed E-state index contributed by atoms with van der Waals surface area (Å²) in [6.45, 7) is 1.48. The molecule has 3 N–H and O–H groups in total. The maximum atomic E-state index is 12.5. The lowest BCUT2D eigenvalue weighted by atomic mass is 9.79. The number of benzene rings is 1. The largest absolute Gasteiger partial charge is 0.416 e. The Kier molecular flexibility index (Phi) is 4.91. The van der Waals surface area contributed by atoms with Crippen LogP contribution in [0.1, 0.15) is 31.2 Å². The molecule has 2 rings (SSSR count). The summed E-state index contributed by atoms with van der Waals surface area (Å²) in [5, 5.41) is 3.23. The van der Waals surface area contributed by atoms with E-state index in [2.05, 4.69) is 5.32 Å². The molecule has 1 aromatic carbocycles. The Hall–Kier alpha value is -1.23. The maximum absolute atomic E-state index is 12.5. The minimum absolute atomic E-state index is 0.524. The van der Waals surface area contributed by atoms with Crippen LogP contribution in [0.3, 0.4) is 0 Å². The molecule has 1 aliphatic rings. The van der Waals surface area contributed by atoms with Gasteiger partial charge in [-0.2, -0.15) is 13.2 Å². The van der Waals surface area contributed by atoms with Gasteiger partial charge in [-0.15, -0.1) is 0 Å². The first-order chi connectivity index (χ1) is 9.50. The fourth-order valence-corrected chi connectivity index (χ4v) is 2.89. The van der Waals surface area contributed by atoms with Gasteiger partial charge in [0, 0.05) is 12.2 Å². The minimum Gasteiger partial charge on any atom is -0.385 e. The van der Waals surface area contributed by atoms with Gasteiger partial charge in [0.2, 0.25) is 0 Å². The first-order valence-corrected chi connectivity index (χ1v) is 7.12. The average molecular weight is 286 g/mol. The van der Waals surface area contributed by atoms with E-state index in [4.69, 9.17) is 5.73 Å². The first kappa shape index (κ1) is 15.2. The number of rotatable bonds is 4. The van der Waals surface area contributed by atoms with E-state index in [9.17, 15) is 13.2 Å². The van der Waals surface area contributed by atoms with Gasteiger partial charge in [0.25, 0.3) is 0 Å². The lowest BCUT2D eigenvalue weighted by Crippen LogP contribution is -2.31. The molecule has 0 bridgehead atoms. The van der Waals surface area contributed by atoms with Crippen molar-refractivity contribution in [3.63, 3.8) is 0 Å². The third-order valence-corrected chi connectivity index (χ3v) is 4.15. The molecule has 2 atom stereocenters. The summed E-state index contributed by atoms with van der Waals surface area (Å²) in [7, 11) is 0. The van der Waals surface area contributed by atoms with Gasteiger partial charge in [-0.05, 0) is 55.5 Å². The molecule has 5 heteroatoms. The molecule has 0 heterocycles. The summed E-state index contributed by atoms with van der Waals surface area (Å²) >= 11 is 0. The lowest BCUT2D eigenvalue weighted by molar-refractivity contribution is -0.137. The normalized spacial score (nSPS) is 23.6. The summed E-state index contributed by atoms with van der Waals surface area (Å²) in [6, 6.07) is 5.21. The van der Waals surface area contributed by atoms with Gasteiger partial charge >= 0.3 is 6.18 Å². The minimum atomic E-state index is -4.27. The average Bonchev–Trinajstić information content (AvgIpc) is 2.45. The van der Waals surface area contributed by atoms with Crippen molar-refractivity contribution in [3.8, 4) is 0 Å². The first-order valence-electron chi connectivity index (χ1n) is 7.12. The highest BCUT2D eigenvalue weighted by Crippen LogP contribution is 2.31. The van der Waals surface area contributed by atoms with Crippen molar-refractivity contribution in [3.05, 3.63) is 29.8 Å². The summed E-state index contributed by atoms with van der Waals surface area (Å²) in [6.07, 6.45) is 0.492. The molecular weight excluding hydrogens is 265 g/mol. The SMILES string of the molecule is NCC1CCCCC1CNc1ccc(C(F)(F)F)cc1. The molecular formula is C15H21F3N2. The van der Waals surface area contributed by atoms with Gasteiger partial charge in [-0.1, -0.05) is 12.8 Å². The molecule has 0 amide bonds. The fourth-order valence-electron chi connectivity index (χ4n) is 2.89. The maximum Gasteiger partial charge on any atom is 0.416 e. The molecule has 2 unspecified atom stereocenters. The van der Waals surface area contributed by atoms with Crippen LogP contribution in [-0.2, 0) is 6.18 Å². The van der Waals surface area contributed by atoms with Gasteiger partial charge in [0.05, 0.1) is 5.56 Å². The van der Waals surface area contributed by atoms with Crippen LogP contribution >= 0.6 is 0 Å². The molecule has 1 aromatic rings. The van der Waals surface area contributed by atoms with Crippen LogP contribution < -0.4 is 11.1 Å². The van der Waals surface area contributed by atoms with E-state index in [1.54, 1.807) is 0 Å². The van der Waals surface area contributed by atoms with Crippen molar-refractivity contribution in [2.24, 2.45) is 17.6 Å². The highest BCUT2D eigenvalue weighted by Gasteiger charge is 2.30. The number of nitrogens with one attached hydrogen (secondary N) is 1. The summed E-state index contributed by atoms with van der Waals surface area (Å²) in [5.41, 5.74) is 5.90. The quantitative estimate of drug-likeness (QED) is 0.881. The topological polar surface area (TPSA) is 38.0 Å². The van der Waals surface area contributed by atoms with Crippen LogP contribution in [0.2, 0.25) is 0 Å². The Bertz CT molecular complexity index is 414. The van der Waals surface area contributed by atoms with Crippen LogP contribution in [0, 0.1) is 11.8 Å². The number of halogens is 3. The van der Waals surface area contributed by atoms with E-state index in [0.717, 1.165) is 37.2 Å². The van der Waals surface area contributed by atoms with Crippen molar-refractivity contribution in [1.29, 1.82) is 0 Å². The smallest absolute Gasteiger partial charge is 0.385 e. The van der Waals surface area contributed by atoms with Crippen LogP contribution in [0.25, 0.3) is 0 Å². The van der Waals surface area contributed by atoms with Gasteiger partial charge < -0.3 is 11.1 Å². The lowest BCUT2D eigenvalue weighted by Gasteiger charge is -2.31. The Balaban J connectivity index is 1.90. The standard InChI is InChI=1S/C15H21F3N2/c16-15(17,18)13-5-7-14(8-6-13)20-10-12-4-2-1-3-11(12)9-19/h5-8,11-12,20H,1-4,9-10,19H2. The van der Waals surface area contributed by atoms with E-state index < -0.39 is 11.7 Å². The van der Waals surface area contributed by atoms with Crippen LogP contribution in [0.5, 0.6) is 0 Å². The van der Waals surface area contributed by atoms with E-state index in [0.29, 0.717) is 18.4 Å². The Labute approximate surface area is 117 Å². The molecule has 20 heavy (non-hydrogen) atoms. The molecule has 0 spiro atoms. The predicted octanol–water partition coefficient (Wildman–Crippen LogP) is 3.88. The number of anilines is 1. The number of hydrogen-bond donors (Lipinski definition) is 2. The van der Waals surface area contributed by atoms with Gasteiger partial charge in [0.15, 0.2) is 0 Å². The molecule has 1 saturated carbocycles. The van der Waals surface area contributed by atoms with E-state index >= 15 is 0 Å². The van der Waals surface area contributed by atoms with Crippen molar-refractivity contribution < 1.29 is 13.2 Å². The summed E-state index contributed by atoms with van der Waals surface area (Å²) in [4.78, 5) is 0. The molecule has 112 valence electrons. The molecule has 1 fully saturated rings. The Morgan fingerprint density at radius 1 is 1.05 bits per heavy atom. The predicted molar refractivity (Wildman–Crippen MR) is 74.4 cm³/mol. The Morgan fingerprint density at radius 2 is 1.65 bits per heavy atom. The zero-order valence-electron chi connectivity index (χ0n) is 11.4. The van der Waals surface area contributed by atoms with Crippen molar-refractivity contribution in [2.75, 3.05) is 18.4 Å². The molecule has 0 radical (unpaired) electrons. The fraction of sp³-hybridized carbons (Fsp3) is 0.600. The van der Waals surface area contributed by atoms with Crippen LogP contribution in [0.15, 0.2) is 24.3 Å². The molecule has 2 nitrogen and oxygen atoms in total. The Morgan fingerprint density at radius 3 is 2.20 bits per heavy atom. The van der Waals surface area contributed by atoms with Gasteiger partial charge in [0.1, 0.15) is 0 Å². The zero-order valence-corrected chi connectivity index (χ0v) is 11.4. The highest BCUT2D eigenvalue weighted by molar-refractivity contribution is 5.45. The van der Waals surface area contributed by atoms with Crippen LogP contribution in [0.4, 0.5) is 18.9 Å². The number of hydrogen-bond acceptors (Lipinski definition) is 2. The molecule has 0 aliphatic heterocycles. The third-order valence-electron chi connectivity index (χ3n) is 4.15. The van der Waals surface area contributed by atoms with Gasteiger partial charge in [-0.3, -0.25) is 0 Å². The summed E-state index contributed by atoms with van der Waals surface area (Å²) in [5.74, 6) is 1.06. The second-order valence-electron chi connectivity index (χ2n) is 5.50. The van der Waals surface area contributed by atoms with Gasteiger partial charge in [-0.25, -0.2) is 0 Å². The number of nitrogens with two attached hydrogens (primary N) is 1. The van der Waals surface area contributed by atoms with E-state index in [1.165, 1.54) is 25.0 Å².